The molecule has 20 nitrogen and oxygen atoms in total. The molecule has 2 aromatic carbocycles. The summed E-state index contributed by atoms with van der Waals surface area (Å²) in [6.07, 6.45) is -19.1. The Labute approximate surface area is 313 Å². The van der Waals surface area contributed by atoms with Crippen LogP contribution in [0.15, 0.2) is 42.5 Å². The van der Waals surface area contributed by atoms with Crippen LogP contribution in [-0.4, -0.2) is 175 Å². The van der Waals surface area contributed by atoms with Gasteiger partial charge in [0.1, 0.15) is 54.4 Å². The van der Waals surface area contributed by atoms with Gasteiger partial charge in [0.25, 0.3) is 0 Å². The van der Waals surface area contributed by atoms with Gasteiger partial charge in [-0.05, 0) is 48.4 Å². The first-order valence-electron chi connectivity index (χ1n) is 17.1. The number of methoxy groups -OCH3 is 1. The summed E-state index contributed by atoms with van der Waals surface area (Å²) in [5, 5.41) is 114. The second-order valence-electron chi connectivity index (χ2n) is 13.3. The molecule has 3 fully saturated rings. The van der Waals surface area contributed by atoms with Crippen LogP contribution in [-0.2, 0) is 38.0 Å². The van der Waals surface area contributed by atoms with Crippen molar-refractivity contribution in [3.8, 4) is 23.0 Å². The summed E-state index contributed by atoms with van der Waals surface area (Å²) in [5.74, 6) is -2.07. The number of rotatable bonds is 14. The zero-order valence-electron chi connectivity index (χ0n) is 29.5. The van der Waals surface area contributed by atoms with Gasteiger partial charge < -0.3 is 94.1 Å². The van der Waals surface area contributed by atoms with Crippen LogP contribution in [0, 0.1) is 0 Å². The van der Waals surface area contributed by atoms with E-state index in [-0.39, 0.29) is 17.1 Å². The SMILES string of the molecule is COc1cc(/C=C/C(=O)O[C@H]2[C@H](O[C@@H]3O[C@@H](C)[C@H](O)[C@@H](O)[C@H]3O)[C@@H](O)[C@H](OCC(O)c3ccc(O)c(O)c3)O[C@@H]2CO[C@@H]2OC[C@](O)(CO)[C@H]2O)ccc1O. The van der Waals surface area contributed by atoms with Crippen LogP contribution in [0.3, 0.4) is 0 Å². The number of aliphatic hydroxyl groups excluding tert-OH is 7. The van der Waals surface area contributed by atoms with Gasteiger partial charge >= 0.3 is 5.97 Å². The van der Waals surface area contributed by atoms with Crippen LogP contribution in [0.5, 0.6) is 23.0 Å². The Balaban J connectivity index is 1.44. The highest BCUT2D eigenvalue weighted by molar-refractivity contribution is 5.87. The van der Waals surface area contributed by atoms with E-state index in [2.05, 4.69) is 0 Å². The average Bonchev–Trinajstić information content (AvgIpc) is 3.46. The third-order valence-corrected chi connectivity index (χ3v) is 9.39. The molecule has 0 radical (unpaired) electrons. The molecular weight excluding hydrogens is 740 g/mol. The van der Waals surface area contributed by atoms with Gasteiger partial charge in [0.05, 0.1) is 39.6 Å². The highest BCUT2D eigenvalue weighted by atomic mass is 16.8. The third-order valence-electron chi connectivity index (χ3n) is 9.39. The largest absolute Gasteiger partial charge is 0.504 e. The number of hydrogen-bond acceptors (Lipinski definition) is 20. The lowest BCUT2D eigenvalue weighted by molar-refractivity contribution is -0.361. The monoisotopic (exact) mass is 786 g/mol. The summed E-state index contributed by atoms with van der Waals surface area (Å²) in [5.41, 5.74) is -1.58. The predicted octanol–water partition coefficient (Wildman–Crippen LogP) is -2.76. The number of phenols is 3. The van der Waals surface area contributed by atoms with E-state index in [0.29, 0.717) is 5.56 Å². The average molecular weight is 787 g/mol. The predicted molar refractivity (Wildman–Crippen MR) is 180 cm³/mol. The number of benzene rings is 2. The Kier molecular flexibility index (Phi) is 13.9. The standard InChI is InChI=1S/C35H46O20/c1-15-25(42)26(43)27(44)33(52-15)55-30-28(45)32(49-11-21(40)17-5-7-18(37)20(39)10-17)53-23(12-50-34-31(46)35(47,13-36)14-51-34)29(30)54-24(41)8-4-16-3-6-19(38)22(9-16)48-2/h3-10,15,21,23,25-34,36-40,42-47H,11-14H2,1-2H3/b8-4+/t15-,21?,23+,25-,26+,27+,28+,29+,30+,31-,32+,33-,34+,35+/m0/s1. The van der Waals surface area contributed by atoms with Gasteiger partial charge in [0.15, 0.2) is 48.0 Å². The Morgan fingerprint density at radius 1 is 0.891 bits per heavy atom. The third kappa shape index (κ3) is 9.64. The minimum Gasteiger partial charge on any atom is -0.504 e. The topological polar surface area (TPSA) is 313 Å². The summed E-state index contributed by atoms with van der Waals surface area (Å²) in [7, 11) is 1.33. The maximum Gasteiger partial charge on any atom is 0.331 e. The minimum atomic E-state index is -2.07. The van der Waals surface area contributed by atoms with Crippen molar-refractivity contribution in [3.05, 3.63) is 53.6 Å². The molecule has 11 N–H and O–H groups in total. The molecule has 3 aliphatic rings. The molecule has 0 saturated carbocycles. The van der Waals surface area contributed by atoms with Crippen molar-refractivity contribution in [2.75, 3.05) is 33.5 Å². The summed E-state index contributed by atoms with van der Waals surface area (Å²) < 4.78 is 45.0. The molecule has 20 heteroatoms. The van der Waals surface area contributed by atoms with Crippen LogP contribution >= 0.6 is 0 Å². The second kappa shape index (κ2) is 18.0. The maximum atomic E-state index is 13.3. The number of esters is 1. The molecule has 0 amide bonds. The molecule has 5 rings (SSSR count). The molecular formula is C35H46O20. The highest BCUT2D eigenvalue weighted by Crippen LogP contribution is 2.34. The molecule has 14 atom stereocenters. The summed E-state index contributed by atoms with van der Waals surface area (Å²) in [6.45, 7) is -1.27. The molecule has 306 valence electrons. The molecule has 0 bridgehead atoms. The number of phenolic OH excluding ortho intramolecular Hbond substituents is 3. The second-order valence-corrected chi connectivity index (χ2v) is 13.3. The van der Waals surface area contributed by atoms with Crippen molar-refractivity contribution in [3.63, 3.8) is 0 Å². The summed E-state index contributed by atoms with van der Waals surface area (Å²) in [4.78, 5) is 13.3. The van der Waals surface area contributed by atoms with Crippen LogP contribution in [0.4, 0.5) is 0 Å². The van der Waals surface area contributed by atoms with Gasteiger partial charge in [-0.15, -0.1) is 0 Å². The number of aliphatic hydroxyl groups is 8. The Bertz CT molecular complexity index is 1620. The molecule has 0 aliphatic carbocycles. The van der Waals surface area contributed by atoms with Gasteiger partial charge in [-0.25, -0.2) is 4.79 Å². The summed E-state index contributed by atoms with van der Waals surface area (Å²) >= 11 is 0. The number of carbonyl (C=O) groups excluding carboxylic acids is 1. The van der Waals surface area contributed by atoms with Gasteiger partial charge in [-0.1, -0.05) is 12.1 Å². The first-order valence-corrected chi connectivity index (χ1v) is 17.1. The molecule has 3 saturated heterocycles. The Morgan fingerprint density at radius 2 is 1.62 bits per heavy atom. The van der Waals surface area contributed by atoms with Crippen molar-refractivity contribution < 1.29 is 98.9 Å². The van der Waals surface area contributed by atoms with Crippen LogP contribution in [0.1, 0.15) is 24.2 Å². The van der Waals surface area contributed by atoms with E-state index in [1.54, 1.807) is 0 Å². The maximum absolute atomic E-state index is 13.3. The van der Waals surface area contributed by atoms with Crippen LogP contribution < -0.4 is 4.74 Å². The van der Waals surface area contributed by atoms with E-state index in [4.69, 9.17) is 37.9 Å². The highest BCUT2D eigenvalue weighted by Gasteiger charge is 2.54. The van der Waals surface area contributed by atoms with Crippen LogP contribution in [0.25, 0.3) is 6.08 Å². The number of carbonyl (C=O) groups is 1. The van der Waals surface area contributed by atoms with Gasteiger partial charge in [-0.3, -0.25) is 0 Å². The van der Waals surface area contributed by atoms with Gasteiger partial charge in [-0.2, -0.15) is 0 Å². The minimum absolute atomic E-state index is 0.0992. The Morgan fingerprint density at radius 3 is 2.29 bits per heavy atom. The van der Waals surface area contributed by atoms with Crippen molar-refractivity contribution in [2.24, 2.45) is 0 Å². The summed E-state index contributed by atoms with van der Waals surface area (Å²) in [6, 6.07) is 7.72. The lowest BCUT2D eigenvalue weighted by atomic mass is 9.96. The zero-order chi connectivity index (χ0) is 40.2. The van der Waals surface area contributed by atoms with E-state index >= 15 is 0 Å². The van der Waals surface area contributed by atoms with E-state index in [1.807, 2.05) is 0 Å². The molecule has 0 aromatic heterocycles. The number of hydrogen-bond donors (Lipinski definition) is 11. The molecule has 55 heavy (non-hydrogen) atoms. The molecule has 1 unspecified atom stereocenters. The van der Waals surface area contributed by atoms with Crippen molar-refractivity contribution >= 4 is 12.0 Å². The first kappa shape index (κ1) is 42.4. The fraction of sp³-hybridized carbons (Fsp3) is 0.571. The fourth-order valence-corrected chi connectivity index (χ4v) is 6.03. The smallest absolute Gasteiger partial charge is 0.331 e. The lowest BCUT2D eigenvalue weighted by Crippen LogP contribution is -2.65. The van der Waals surface area contributed by atoms with Gasteiger partial charge in [0, 0.05) is 6.08 Å². The van der Waals surface area contributed by atoms with E-state index in [0.717, 1.165) is 18.2 Å². The molecule has 3 heterocycles. The zero-order valence-corrected chi connectivity index (χ0v) is 29.5. The van der Waals surface area contributed by atoms with Crippen molar-refractivity contribution in [2.45, 2.75) is 92.4 Å². The van der Waals surface area contributed by atoms with E-state index < -0.39 is 129 Å². The molecule has 3 aliphatic heterocycles. The molecule has 0 spiro atoms. The quantitative estimate of drug-likeness (QED) is 0.0525. The number of ether oxygens (including phenoxy) is 8. The lowest BCUT2D eigenvalue weighted by Gasteiger charge is -2.47. The fourth-order valence-electron chi connectivity index (χ4n) is 6.03. The van der Waals surface area contributed by atoms with Crippen LogP contribution in [0.2, 0.25) is 0 Å². The number of aromatic hydroxyl groups is 3. The normalized spacial score (nSPS) is 35.8. The van der Waals surface area contributed by atoms with E-state index in [9.17, 15) is 61.0 Å². The molecule has 2 aromatic rings. The Hall–Kier alpha value is -3.71. The van der Waals surface area contributed by atoms with E-state index in [1.165, 1.54) is 44.4 Å². The van der Waals surface area contributed by atoms with Gasteiger partial charge in [0.2, 0.25) is 0 Å². The first-order chi connectivity index (χ1) is 26.1. The van der Waals surface area contributed by atoms with Crippen molar-refractivity contribution in [1.29, 1.82) is 0 Å². The van der Waals surface area contributed by atoms with Crippen molar-refractivity contribution in [1.82, 2.24) is 0 Å².